The predicted octanol–water partition coefficient (Wildman–Crippen LogP) is 3.42. The summed E-state index contributed by atoms with van der Waals surface area (Å²) in [4.78, 5) is 30.0. The molecule has 0 fully saturated rings. The lowest BCUT2D eigenvalue weighted by molar-refractivity contribution is -0.115. The van der Waals surface area contributed by atoms with Crippen molar-refractivity contribution in [3.05, 3.63) is 51.6 Å². The van der Waals surface area contributed by atoms with Crippen molar-refractivity contribution in [2.75, 3.05) is 5.32 Å². The molecule has 3 rings (SSSR count). The highest BCUT2D eigenvalue weighted by Gasteiger charge is 2.19. The first kappa shape index (κ1) is 16.7. The first-order valence-corrected chi connectivity index (χ1v) is 9.20. The normalized spacial score (nSPS) is 12.3. The maximum absolute atomic E-state index is 12.4. The molecule has 0 aliphatic heterocycles. The molecule has 0 saturated heterocycles. The van der Waals surface area contributed by atoms with Gasteiger partial charge in [-0.3, -0.25) is 14.2 Å². The minimum absolute atomic E-state index is 0.0877. The molecule has 2 aromatic heterocycles. The van der Waals surface area contributed by atoms with Gasteiger partial charge >= 0.3 is 0 Å². The smallest absolute Gasteiger partial charge is 0.262 e. The molecule has 0 aliphatic rings. The van der Waals surface area contributed by atoms with Gasteiger partial charge in [0.05, 0.1) is 10.6 Å². The van der Waals surface area contributed by atoms with Crippen LogP contribution in [0.25, 0.3) is 10.2 Å². The molecule has 0 saturated carbocycles. The molecule has 24 heavy (non-hydrogen) atoms. The number of nitrogens with zero attached hydrogens (tertiary/aromatic N) is 2. The lowest BCUT2D eigenvalue weighted by atomic mass is 10.2. The number of hydrogen-bond donors (Lipinski definition) is 1. The maximum atomic E-state index is 12.4. The fourth-order valence-corrected chi connectivity index (χ4v) is 3.92. The standard InChI is InChI=1S/C17H17N3O2S2/c1-10-6-4-5-7-13(10)18-14(21)11(2)24-17-19-15-12(8-9-23-15)16(22)20(17)3/h4-9,11H,1-3H3,(H,18,21). The third kappa shape index (κ3) is 3.22. The summed E-state index contributed by atoms with van der Waals surface area (Å²) in [5.41, 5.74) is 1.72. The van der Waals surface area contributed by atoms with E-state index < -0.39 is 0 Å². The van der Waals surface area contributed by atoms with Crippen LogP contribution in [-0.2, 0) is 11.8 Å². The first-order chi connectivity index (χ1) is 11.5. The number of anilines is 1. The van der Waals surface area contributed by atoms with Crippen molar-refractivity contribution in [3.8, 4) is 0 Å². The van der Waals surface area contributed by atoms with Crippen LogP contribution < -0.4 is 10.9 Å². The summed E-state index contributed by atoms with van der Waals surface area (Å²) in [6, 6.07) is 9.41. The number of hydrogen-bond acceptors (Lipinski definition) is 5. The molecule has 5 nitrogen and oxygen atoms in total. The van der Waals surface area contributed by atoms with Crippen molar-refractivity contribution in [1.29, 1.82) is 0 Å². The molecular weight excluding hydrogens is 342 g/mol. The Morgan fingerprint density at radius 2 is 2.08 bits per heavy atom. The summed E-state index contributed by atoms with van der Waals surface area (Å²) in [6.07, 6.45) is 0. The summed E-state index contributed by atoms with van der Waals surface area (Å²) in [5, 5.41) is 5.56. The molecule has 0 spiro atoms. The highest BCUT2D eigenvalue weighted by molar-refractivity contribution is 8.00. The van der Waals surface area contributed by atoms with Crippen LogP contribution in [0.2, 0.25) is 0 Å². The molecule has 1 N–H and O–H groups in total. The van der Waals surface area contributed by atoms with Crippen molar-refractivity contribution in [2.24, 2.45) is 7.05 Å². The third-order valence-corrected chi connectivity index (χ3v) is 5.67. The van der Waals surface area contributed by atoms with Crippen LogP contribution in [0.15, 0.2) is 45.7 Å². The van der Waals surface area contributed by atoms with E-state index in [1.54, 1.807) is 13.1 Å². The molecule has 2 heterocycles. The summed E-state index contributed by atoms with van der Waals surface area (Å²) < 4.78 is 1.50. The van der Waals surface area contributed by atoms with Crippen LogP contribution >= 0.6 is 23.1 Å². The van der Waals surface area contributed by atoms with E-state index in [0.29, 0.717) is 15.4 Å². The van der Waals surface area contributed by atoms with E-state index in [2.05, 4.69) is 10.3 Å². The van der Waals surface area contributed by atoms with E-state index in [4.69, 9.17) is 0 Å². The van der Waals surface area contributed by atoms with Crippen LogP contribution in [0.1, 0.15) is 12.5 Å². The number of aromatic nitrogens is 2. The second-order valence-electron chi connectivity index (χ2n) is 5.46. The average molecular weight is 359 g/mol. The van der Waals surface area contributed by atoms with Gasteiger partial charge in [-0.1, -0.05) is 30.0 Å². The Kier molecular flexibility index (Phi) is 4.73. The minimum atomic E-state index is -0.375. The Morgan fingerprint density at radius 3 is 2.83 bits per heavy atom. The van der Waals surface area contributed by atoms with E-state index in [1.807, 2.05) is 43.5 Å². The number of amides is 1. The molecule has 1 aromatic carbocycles. The quantitative estimate of drug-likeness (QED) is 0.573. The first-order valence-electron chi connectivity index (χ1n) is 7.44. The topological polar surface area (TPSA) is 64.0 Å². The van der Waals surface area contributed by atoms with Gasteiger partial charge in [-0.05, 0) is 36.9 Å². The monoisotopic (exact) mass is 359 g/mol. The van der Waals surface area contributed by atoms with Crippen LogP contribution in [0.3, 0.4) is 0 Å². The Hall–Kier alpha value is -2.12. The summed E-state index contributed by atoms with van der Waals surface area (Å²) in [5.74, 6) is -0.116. The van der Waals surface area contributed by atoms with Gasteiger partial charge in [0, 0.05) is 12.7 Å². The van der Waals surface area contributed by atoms with Crippen LogP contribution in [-0.4, -0.2) is 20.7 Å². The highest BCUT2D eigenvalue weighted by Crippen LogP contribution is 2.25. The SMILES string of the molecule is Cc1ccccc1NC(=O)C(C)Sc1nc2sccc2c(=O)n1C. The largest absolute Gasteiger partial charge is 0.325 e. The lowest BCUT2D eigenvalue weighted by Crippen LogP contribution is -2.25. The number of rotatable bonds is 4. The fraction of sp³-hybridized carbons (Fsp3) is 0.235. The molecule has 7 heteroatoms. The average Bonchev–Trinajstić information content (AvgIpc) is 3.03. The number of aryl methyl sites for hydroxylation is 1. The second kappa shape index (κ2) is 6.78. The zero-order valence-corrected chi connectivity index (χ0v) is 15.2. The summed E-state index contributed by atoms with van der Waals surface area (Å²) >= 11 is 2.71. The number of thiophene rings is 1. The zero-order chi connectivity index (χ0) is 17.3. The zero-order valence-electron chi connectivity index (χ0n) is 13.6. The molecular formula is C17H17N3O2S2. The van der Waals surface area contributed by atoms with Crippen molar-refractivity contribution in [3.63, 3.8) is 0 Å². The number of benzene rings is 1. The molecule has 1 unspecified atom stereocenters. The van der Waals surface area contributed by atoms with E-state index in [1.165, 1.54) is 27.7 Å². The van der Waals surface area contributed by atoms with Crippen LogP contribution in [0.4, 0.5) is 5.69 Å². The number of carbonyl (C=O) groups excluding carboxylic acids is 1. The molecule has 0 radical (unpaired) electrons. The van der Waals surface area contributed by atoms with Crippen molar-refractivity contribution >= 4 is 44.9 Å². The molecule has 0 bridgehead atoms. The number of para-hydroxylation sites is 1. The summed E-state index contributed by atoms with van der Waals surface area (Å²) in [6.45, 7) is 3.76. The van der Waals surface area contributed by atoms with Gasteiger partial charge in [-0.15, -0.1) is 11.3 Å². The van der Waals surface area contributed by atoms with Gasteiger partial charge in [-0.2, -0.15) is 0 Å². The minimum Gasteiger partial charge on any atom is -0.325 e. The van der Waals surface area contributed by atoms with Gasteiger partial charge < -0.3 is 5.32 Å². The molecule has 3 aromatic rings. The number of thioether (sulfide) groups is 1. The van der Waals surface area contributed by atoms with E-state index in [0.717, 1.165) is 11.3 Å². The maximum Gasteiger partial charge on any atom is 0.262 e. The van der Waals surface area contributed by atoms with Crippen molar-refractivity contribution < 1.29 is 4.79 Å². The number of fused-ring (bicyclic) bond motifs is 1. The number of nitrogens with one attached hydrogen (secondary N) is 1. The van der Waals surface area contributed by atoms with Crippen molar-refractivity contribution in [2.45, 2.75) is 24.3 Å². The molecule has 124 valence electrons. The predicted molar refractivity (Wildman–Crippen MR) is 100.0 cm³/mol. The molecule has 1 amide bonds. The lowest BCUT2D eigenvalue weighted by Gasteiger charge is -2.14. The summed E-state index contributed by atoms with van der Waals surface area (Å²) in [7, 11) is 1.68. The fourth-order valence-electron chi connectivity index (χ4n) is 2.24. The van der Waals surface area contributed by atoms with Gasteiger partial charge in [0.1, 0.15) is 4.83 Å². The van der Waals surface area contributed by atoms with Gasteiger partial charge in [0.15, 0.2) is 5.16 Å². The van der Waals surface area contributed by atoms with Crippen LogP contribution in [0, 0.1) is 6.92 Å². The van der Waals surface area contributed by atoms with Gasteiger partial charge in [0.2, 0.25) is 5.91 Å². The Bertz CT molecular complexity index is 962. The Morgan fingerprint density at radius 1 is 1.33 bits per heavy atom. The molecule has 1 atom stereocenters. The second-order valence-corrected chi connectivity index (χ2v) is 7.66. The highest BCUT2D eigenvalue weighted by atomic mass is 32.2. The molecule has 0 aliphatic carbocycles. The van der Waals surface area contributed by atoms with E-state index in [9.17, 15) is 9.59 Å². The van der Waals surface area contributed by atoms with Crippen LogP contribution in [0.5, 0.6) is 0 Å². The Labute approximate surface area is 147 Å². The van der Waals surface area contributed by atoms with Gasteiger partial charge in [0.25, 0.3) is 5.56 Å². The Balaban J connectivity index is 1.80. The third-order valence-electron chi connectivity index (χ3n) is 3.72. The van der Waals surface area contributed by atoms with E-state index in [-0.39, 0.29) is 16.7 Å². The van der Waals surface area contributed by atoms with Gasteiger partial charge in [-0.25, -0.2) is 4.98 Å². The number of carbonyl (C=O) groups is 1. The van der Waals surface area contributed by atoms with Crippen molar-refractivity contribution in [1.82, 2.24) is 9.55 Å². The van der Waals surface area contributed by atoms with E-state index >= 15 is 0 Å².